The van der Waals surface area contributed by atoms with Crippen molar-refractivity contribution in [2.24, 2.45) is 5.92 Å². The quantitative estimate of drug-likeness (QED) is 0.546. The van der Waals surface area contributed by atoms with Crippen LogP contribution in [0.4, 0.5) is 0 Å². The number of hydrogen-bond acceptors (Lipinski definition) is 2. The highest BCUT2D eigenvalue weighted by Gasteiger charge is 1.97. The second-order valence-electron chi connectivity index (χ2n) is 3.13. The van der Waals surface area contributed by atoms with Gasteiger partial charge < -0.3 is 9.90 Å². The number of carbonyl (C=O) groups excluding carboxylic acids is 1. The van der Waals surface area contributed by atoms with E-state index in [1.165, 1.54) is 6.42 Å². The molecule has 2 heteroatoms. The molecule has 0 N–H and O–H groups in total. The van der Waals surface area contributed by atoms with Crippen LogP contribution >= 0.6 is 0 Å². The second kappa shape index (κ2) is 6.20. The van der Waals surface area contributed by atoms with Crippen LogP contribution in [-0.4, -0.2) is 5.97 Å². The third kappa shape index (κ3) is 7.37. The van der Waals surface area contributed by atoms with E-state index < -0.39 is 5.97 Å². The number of hydrogen-bond donors (Lipinski definition) is 0. The molecule has 0 spiro atoms. The Balaban J connectivity index is 3.08. The monoisotopic (exact) mass is 157 g/mol. The Morgan fingerprint density at radius 1 is 1.45 bits per heavy atom. The summed E-state index contributed by atoms with van der Waals surface area (Å²) in [7, 11) is 0. The van der Waals surface area contributed by atoms with Crippen LogP contribution < -0.4 is 5.11 Å². The molecule has 0 aliphatic heterocycles. The molecule has 0 saturated heterocycles. The van der Waals surface area contributed by atoms with E-state index in [9.17, 15) is 9.90 Å². The van der Waals surface area contributed by atoms with Gasteiger partial charge in [-0.05, 0) is 18.8 Å². The summed E-state index contributed by atoms with van der Waals surface area (Å²) in [5.41, 5.74) is 0. The number of rotatable bonds is 6. The SMILES string of the molecule is CCC(C)CCCCC(=O)[O-]. The molecule has 0 aromatic carbocycles. The molecule has 66 valence electrons. The van der Waals surface area contributed by atoms with Crippen molar-refractivity contribution in [3.8, 4) is 0 Å². The number of unbranched alkanes of at least 4 members (excludes halogenated alkanes) is 1. The van der Waals surface area contributed by atoms with E-state index in [0.717, 1.165) is 25.2 Å². The average Bonchev–Trinajstić information content (AvgIpc) is 1.97. The van der Waals surface area contributed by atoms with E-state index in [2.05, 4.69) is 13.8 Å². The minimum Gasteiger partial charge on any atom is -0.550 e. The van der Waals surface area contributed by atoms with Crippen LogP contribution in [0, 0.1) is 5.92 Å². The van der Waals surface area contributed by atoms with Gasteiger partial charge in [0.2, 0.25) is 0 Å². The van der Waals surface area contributed by atoms with Crippen molar-refractivity contribution < 1.29 is 9.90 Å². The Bertz CT molecular complexity index is 110. The summed E-state index contributed by atoms with van der Waals surface area (Å²) >= 11 is 0. The van der Waals surface area contributed by atoms with E-state index in [-0.39, 0.29) is 6.42 Å². The lowest BCUT2D eigenvalue weighted by Crippen LogP contribution is -2.21. The third-order valence-corrected chi connectivity index (χ3v) is 2.02. The number of carbonyl (C=O) groups is 1. The molecule has 0 aliphatic carbocycles. The van der Waals surface area contributed by atoms with Gasteiger partial charge in [0.05, 0.1) is 0 Å². The summed E-state index contributed by atoms with van der Waals surface area (Å²) in [5, 5.41) is 10.0. The molecule has 2 nitrogen and oxygen atoms in total. The molecular formula is C9H17O2-. The molecule has 1 unspecified atom stereocenters. The molecule has 0 aromatic heterocycles. The topological polar surface area (TPSA) is 40.1 Å². The predicted octanol–water partition coefficient (Wildman–Crippen LogP) is 1.34. The van der Waals surface area contributed by atoms with Gasteiger partial charge in [-0.3, -0.25) is 0 Å². The summed E-state index contributed by atoms with van der Waals surface area (Å²) in [6, 6.07) is 0. The average molecular weight is 157 g/mol. The van der Waals surface area contributed by atoms with Crippen LogP contribution in [0.15, 0.2) is 0 Å². The lowest BCUT2D eigenvalue weighted by Gasteiger charge is -2.07. The summed E-state index contributed by atoms with van der Waals surface area (Å²) in [4.78, 5) is 10.0. The molecule has 0 saturated carbocycles. The van der Waals surface area contributed by atoms with Crippen molar-refractivity contribution in [1.82, 2.24) is 0 Å². The normalized spacial score (nSPS) is 12.9. The van der Waals surface area contributed by atoms with Gasteiger partial charge >= 0.3 is 0 Å². The first-order valence-electron chi connectivity index (χ1n) is 4.36. The Morgan fingerprint density at radius 3 is 2.55 bits per heavy atom. The van der Waals surface area contributed by atoms with Crippen molar-refractivity contribution in [3.63, 3.8) is 0 Å². The van der Waals surface area contributed by atoms with Crippen molar-refractivity contribution in [2.45, 2.75) is 46.0 Å². The zero-order valence-corrected chi connectivity index (χ0v) is 7.43. The standard InChI is InChI=1S/C9H18O2/c1-3-8(2)6-4-5-7-9(10)11/h8H,3-7H2,1-2H3,(H,10,11)/p-1. The lowest BCUT2D eigenvalue weighted by atomic mass is 10.0. The molecule has 0 aromatic rings. The van der Waals surface area contributed by atoms with Gasteiger partial charge in [-0.15, -0.1) is 0 Å². The van der Waals surface area contributed by atoms with Crippen LogP contribution in [0.1, 0.15) is 46.0 Å². The maximum atomic E-state index is 10.0. The van der Waals surface area contributed by atoms with Crippen LogP contribution in [0.5, 0.6) is 0 Å². The van der Waals surface area contributed by atoms with Crippen molar-refractivity contribution in [1.29, 1.82) is 0 Å². The van der Waals surface area contributed by atoms with Gasteiger partial charge in [-0.1, -0.05) is 33.1 Å². The molecule has 0 radical (unpaired) electrons. The Morgan fingerprint density at radius 2 is 2.09 bits per heavy atom. The zero-order chi connectivity index (χ0) is 8.69. The number of carboxylic acid groups (broad SMARTS) is 1. The fourth-order valence-electron chi connectivity index (χ4n) is 0.966. The van der Waals surface area contributed by atoms with Crippen LogP contribution in [0.3, 0.4) is 0 Å². The fourth-order valence-corrected chi connectivity index (χ4v) is 0.966. The maximum absolute atomic E-state index is 10.0. The lowest BCUT2D eigenvalue weighted by molar-refractivity contribution is -0.305. The Hall–Kier alpha value is -0.530. The second-order valence-corrected chi connectivity index (χ2v) is 3.13. The first kappa shape index (κ1) is 10.5. The van der Waals surface area contributed by atoms with Crippen LogP contribution in [0.2, 0.25) is 0 Å². The molecule has 1 atom stereocenters. The van der Waals surface area contributed by atoms with E-state index >= 15 is 0 Å². The summed E-state index contributed by atoms with van der Waals surface area (Å²) in [6.45, 7) is 4.35. The third-order valence-electron chi connectivity index (χ3n) is 2.02. The minimum absolute atomic E-state index is 0.219. The molecule has 0 fully saturated rings. The van der Waals surface area contributed by atoms with Crippen molar-refractivity contribution >= 4 is 5.97 Å². The van der Waals surface area contributed by atoms with Crippen LogP contribution in [-0.2, 0) is 4.79 Å². The number of carboxylic acids is 1. The van der Waals surface area contributed by atoms with E-state index in [1.807, 2.05) is 0 Å². The summed E-state index contributed by atoms with van der Waals surface area (Å²) in [6.07, 6.45) is 4.33. The van der Waals surface area contributed by atoms with Gasteiger partial charge in [0, 0.05) is 5.97 Å². The maximum Gasteiger partial charge on any atom is 0.0414 e. The molecule has 11 heavy (non-hydrogen) atoms. The molecular weight excluding hydrogens is 140 g/mol. The molecule has 0 rings (SSSR count). The minimum atomic E-state index is -0.922. The zero-order valence-electron chi connectivity index (χ0n) is 7.43. The summed E-state index contributed by atoms with van der Waals surface area (Å²) < 4.78 is 0. The fraction of sp³-hybridized carbons (Fsp3) is 0.889. The molecule has 0 amide bonds. The van der Waals surface area contributed by atoms with Crippen LogP contribution in [0.25, 0.3) is 0 Å². The predicted molar refractivity (Wildman–Crippen MR) is 42.9 cm³/mol. The van der Waals surface area contributed by atoms with E-state index in [4.69, 9.17) is 0 Å². The van der Waals surface area contributed by atoms with Gasteiger partial charge in [0.1, 0.15) is 0 Å². The van der Waals surface area contributed by atoms with E-state index in [0.29, 0.717) is 0 Å². The van der Waals surface area contributed by atoms with Gasteiger partial charge in [-0.25, -0.2) is 0 Å². The highest BCUT2D eigenvalue weighted by molar-refractivity contribution is 5.63. The van der Waals surface area contributed by atoms with E-state index in [1.54, 1.807) is 0 Å². The first-order valence-corrected chi connectivity index (χ1v) is 4.36. The summed E-state index contributed by atoms with van der Waals surface area (Å²) in [5.74, 6) is -0.189. The highest BCUT2D eigenvalue weighted by atomic mass is 16.4. The van der Waals surface area contributed by atoms with Crippen molar-refractivity contribution in [3.05, 3.63) is 0 Å². The smallest absolute Gasteiger partial charge is 0.0414 e. The van der Waals surface area contributed by atoms with Gasteiger partial charge in [-0.2, -0.15) is 0 Å². The van der Waals surface area contributed by atoms with Crippen molar-refractivity contribution in [2.75, 3.05) is 0 Å². The molecule has 0 heterocycles. The van der Waals surface area contributed by atoms with Gasteiger partial charge in [0.15, 0.2) is 0 Å². The van der Waals surface area contributed by atoms with Gasteiger partial charge in [0.25, 0.3) is 0 Å². The number of aliphatic carboxylic acids is 1. The molecule has 0 aliphatic rings. The Kier molecular flexibility index (Phi) is 5.90. The Labute approximate surface area is 68.6 Å². The first-order chi connectivity index (χ1) is 5.16. The largest absolute Gasteiger partial charge is 0.550 e. The molecule has 0 bridgehead atoms. The highest BCUT2D eigenvalue weighted by Crippen LogP contribution is 2.11.